The lowest BCUT2D eigenvalue weighted by Crippen LogP contribution is -2.26. The van der Waals surface area contributed by atoms with Crippen LogP contribution in [0.4, 0.5) is 0 Å². The van der Waals surface area contributed by atoms with Crippen molar-refractivity contribution in [3.8, 4) is 0 Å². The van der Waals surface area contributed by atoms with Gasteiger partial charge in [0.15, 0.2) is 0 Å². The molecule has 0 aliphatic rings. The van der Waals surface area contributed by atoms with E-state index in [1.165, 1.54) is 0 Å². The second kappa shape index (κ2) is 7.71. The Bertz CT molecular complexity index is 631. The highest BCUT2D eigenvalue weighted by molar-refractivity contribution is 9.11. The molecular formula is C13H17Br2NO4S. The molecule has 1 aromatic rings. The molecule has 21 heavy (non-hydrogen) atoms. The number of carboxylic acid groups (broad SMARTS) is 1. The van der Waals surface area contributed by atoms with E-state index in [0.29, 0.717) is 21.8 Å². The van der Waals surface area contributed by atoms with Crippen LogP contribution in [0.15, 0.2) is 26.0 Å². The lowest BCUT2D eigenvalue weighted by atomic mass is 10.1. The van der Waals surface area contributed by atoms with Crippen molar-refractivity contribution in [2.24, 2.45) is 5.92 Å². The Morgan fingerprint density at radius 2 is 1.95 bits per heavy atom. The number of hydrogen-bond acceptors (Lipinski definition) is 3. The van der Waals surface area contributed by atoms with Crippen molar-refractivity contribution in [3.05, 3.63) is 26.6 Å². The first-order valence-electron chi connectivity index (χ1n) is 6.33. The molecule has 5 nitrogen and oxygen atoms in total. The number of rotatable bonds is 7. The average molecular weight is 443 g/mol. The second-order valence-electron chi connectivity index (χ2n) is 4.81. The Morgan fingerprint density at radius 3 is 2.52 bits per heavy atom. The Kier molecular flexibility index (Phi) is 6.83. The van der Waals surface area contributed by atoms with Gasteiger partial charge in [-0.15, -0.1) is 0 Å². The van der Waals surface area contributed by atoms with Crippen molar-refractivity contribution in [1.82, 2.24) is 4.72 Å². The molecule has 0 amide bonds. The number of aryl methyl sites for hydroxylation is 1. The molecule has 2 N–H and O–H groups in total. The van der Waals surface area contributed by atoms with Gasteiger partial charge in [0.1, 0.15) is 0 Å². The van der Waals surface area contributed by atoms with Crippen LogP contribution in [0.2, 0.25) is 0 Å². The number of hydrogen-bond donors (Lipinski definition) is 2. The number of nitrogens with one attached hydrogen (secondary N) is 1. The van der Waals surface area contributed by atoms with Crippen LogP contribution in [0.5, 0.6) is 0 Å². The summed E-state index contributed by atoms with van der Waals surface area (Å²) in [7, 11) is -3.62. The first kappa shape index (κ1) is 18.6. The quantitative estimate of drug-likeness (QED) is 0.634. The summed E-state index contributed by atoms with van der Waals surface area (Å²) >= 11 is 6.56. The SMILES string of the molecule is Cc1cc(Br)c(S(=O)(=O)NCCCC(C)C(=O)O)cc1Br. The maximum absolute atomic E-state index is 12.2. The zero-order valence-corrected chi connectivity index (χ0v) is 15.7. The van der Waals surface area contributed by atoms with Crippen molar-refractivity contribution < 1.29 is 18.3 Å². The van der Waals surface area contributed by atoms with Gasteiger partial charge in [0.25, 0.3) is 0 Å². The summed E-state index contributed by atoms with van der Waals surface area (Å²) in [6, 6.07) is 3.27. The fourth-order valence-electron chi connectivity index (χ4n) is 1.65. The van der Waals surface area contributed by atoms with E-state index >= 15 is 0 Å². The van der Waals surface area contributed by atoms with Gasteiger partial charge < -0.3 is 5.11 Å². The van der Waals surface area contributed by atoms with Crippen molar-refractivity contribution in [1.29, 1.82) is 0 Å². The Labute approximate surface area is 141 Å². The zero-order valence-electron chi connectivity index (χ0n) is 11.7. The molecule has 1 atom stereocenters. The Hall–Kier alpha value is -0.440. The first-order chi connectivity index (χ1) is 9.65. The van der Waals surface area contributed by atoms with Crippen LogP contribution in [-0.2, 0) is 14.8 Å². The molecule has 0 spiro atoms. The normalized spacial score (nSPS) is 13.1. The van der Waals surface area contributed by atoms with Crippen LogP contribution in [0.3, 0.4) is 0 Å². The van der Waals surface area contributed by atoms with Crippen LogP contribution >= 0.6 is 31.9 Å². The van der Waals surface area contributed by atoms with Gasteiger partial charge in [0.2, 0.25) is 10.0 Å². The lowest BCUT2D eigenvalue weighted by molar-refractivity contribution is -0.141. The molecule has 0 aromatic heterocycles. The number of aliphatic carboxylic acids is 1. The van der Waals surface area contributed by atoms with E-state index in [1.807, 2.05) is 6.92 Å². The number of halogens is 2. The van der Waals surface area contributed by atoms with Crippen LogP contribution in [-0.4, -0.2) is 26.0 Å². The predicted octanol–water partition coefficient (Wildman–Crippen LogP) is 3.30. The topological polar surface area (TPSA) is 83.5 Å². The largest absolute Gasteiger partial charge is 0.481 e. The maximum Gasteiger partial charge on any atom is 0.306 e. The van der Waals surface area contributed by atoms with Crippen LogP contribution in [0, 0.1) is 12.8 Å². The molecule has 0 fully saturated rings. The molecule has 0 saturated carbocycles. The third kappa shape index (κ3) is 5.36. The highest BCUT2D eigenvalue weighted by atomic mass is 79.9. The minimum Gasteiger partial charge on any atom is -0.481 e. The molecule has 1 unspecified atom stereocenters. The highest BCUT2D eigenvalue weighted by Gasteiger charge is 2.19. The van der Waals surface area contributed by atoms with Crippen LogP contribution in [0.1, 0.15) is 25.3 Å². The van der Waals surface area contributed by atoms with E-state index < -0.39 is 21.9 Å². The first-order valence-corrected chi connectivity index (χ1v) is 9.40. The average Bonchev–Trinajstić information content (AvgIpc) is 2.38. The molecule has 1 aromatic carbocycles. The van der Waals surface area contributed by atoms with Gasteiger partial charge in [-0.3, -0.25) is 4.79 Å². The number of benzene rings is 1. The van der Waals surface area contributed by atoms with Gasteiger partial charge in [0, 0.05) is 15.5 Å². The highest BCUT2D eigenvalue weighted by Crippen LogP contribution is 2.28. The second-order valence-corrected chi connectivity index (χ2v) is 8.26. The van der Waals surface area contributed by atoms with Crippen molar-refractivity contribution in [2.45, 2.75) is 31.6 Å². The Balaban J connectivity index is 2.70. The molecule has 0 aliphatic heterocycles. The summed E-state index contributed by atoms with van der Waals surface area (Å²) < 4.78 is 28.1. The van der Waals surface area contributed by atoms with E-state index in [-0.39, 0.29) is 11.4 Å². The monoisotopic (exact) mass is 441 g/mol. The van der Waals surface area contributed by atoms with E-state index in [2.05, 4.69) is 36.6 Å². The summed E-state index contributed by atoms with van der Waals surface area (Å²) in [5.74, 6) is -1.35. The van der Waals surface area contributed by atoms with Gasteiger partial charge in [-0.25, -0.2) is 13.1 Å². The van der Waals surface area contributed by atoms with E-state index in [0.717, 1.165) is 5.56 Å². The molecule has 0 heterocycles. The summed E-state index contributed by atoms with van der Waals surface area (Å²) in [6.07, 6.45) is 0.897. The molecule has 0 radical (unpaired) electrons. The van der Waals surface area contributed by atoms with Gasteiger partial charge in [-0.1, -0.05) is 22.9 Å². The number of carbonyl (C=O) groups is 1. The molecule has 1 rings (SSSR count). The van der Waals surface area contributed by atoms with Crippen molar-refractivity contribution in [2.75, 3.05) is 6.54 Å². The van der Waals surface area contributed by atoms with Crippen LogP contribution < -0.4 is 4.72 Å². The molecule has 0 aliphatic carbocycles. The molecule has 118 valence electrons. The summed E-state index contributed by atoms with van der Waals surface area (Å²) in [5.41, 5.74) is 0.927. The minimum absolute atomic E-state index is 0.159. The van der Waals surface area contributed by atoms with Crippen LogP contribution in [0.25, 0.3) is 0 Å². The maximum atomic E-state index is 12.2. The fourth-order valence-corrected chi connectivity index (χ4v) is 4.40. The Morgan fingerprint density at radius 1 is 1.33 bits per heavy atom. The smallest absolute Gasteiger partial charge is 0.306 e. The third-order valence-electron chi connectivity index (χ3n) is 3.03. The van der Waals surface area contributed by atoms with Gasteiger partial charge in [-0.05, 0) is 53.4 Å². The van der Waals surface area contributed by atoms with Gasteiger partial charge in [0.05, 0.1) is 10.8 Å². The standard InChI is InChI=1S/C13H17Br2NO4S/c1-8(13(17)18)4-3-5-16-21(19,20)12-7-10(14)9(2)6-11(12)15/h6-8,16H,3-5H2,1-2H3,(H,17,18). The summed E-state index contributed by atoms with van der Waals surface area (Å²) in [6.45, 7) is 3.67. The van der Waals surface area contributed by atoms with E-state index in [1.54, 1.807) is 19.1 Å². The number of carboxylic acids is 1. The van der Waals surface area contributed by atoms with E-state index in [9.17, 15) is 13.2 Å². The van der Waals surface area contributed by atoms with E-state index in [4.69, 9.17) is 5.11 Å². The lowest BCUT2D eigenvalue weighted by Gasteiger charge is -2.11. The molecule has 8 heteroatoms. The van der Waals surface area contributed by atoms with Gasteiger partial charge >= 0.3 is 5.97 Å². The molecule has 0 saturated heterocycles. The third-order valence-corrected chi connectivity index (χ3v) is 6.30. The fraction of sp³-hybridized carbons (Fsp3) is 0.462. The minimum atomic E-state index is -3.62. The zero-order chi connectivity index (χ0) is 16.2. The molecule has 0 bridgehead atoms. The number of sulfonamides is 1. The van der Waals surface area contributed by atoms with Crippen molar-refractivity contribution >= 4 is 47.9 Å². The summed E-state index contributed by atoms with van der Waals surface area (Å²) in [4.78, 5) is 10.8. The van der Waals surface area contributed by atoms with Gasteiger partial charge in [-0.2, -0.15) is 0 Å². The summed E-state index contributed by atoms with van der Waals surface area (Å²) in [5, 5.41) is 8.76. The predicted molar refractivity (Wildman–Crippen MR) is 87.8 cm³/mol. The molecular weight excluding hydrogens is 426 g/mol. The van der Waals surface area contributed by atoms with Crippen molar-refractivity contribution in [3.63, 3.8) is 0 Å².